The van der Waals surface area contributed by atoms with Gasteiger partial charge < -0.3 is 15.4 Å². The molecule has 1 atom stereocenters. The standard InChI is InChI=1S/C14H18ClN3O3/c1-9(18-6-5-16-13(19)8-18)14(20)17-11-7-10(15)3-4-12(11)21-2/h3-4,7,9H,5-6,8H2,1-2H3,(H,16,19)(H,17,20)/t9-/m0/s1. The van der Waals surface area contributed by atoms with Crippen molar-refractivity contribution in [2.24, 2.45) is 0 Å². The zero-order chi connectivity index (χ0) is 15.4. The van der Waals surface area contributed by atoms with Crippen LogP contribution in [0.3, 0.4) is 0 Å². The van der Waals surface area contributed by atoms with Crippen LogP contribution in [0.1, 0.15) is 6.92 Å². The van der Waals surface area contributed by atoms with Gasteiger partial charge in [0.1, 0.15) is 5.75 Å². The minimum absolute atomic E-state index is 0.0683. The summed E-state index contributed by atoms with van der Waals surface area (Å²) in [5, 5.41) is 6.03. The van der Waals surface area contributed by atoms with E-state index < -0.39 is 6.04 Å². The lowest BCUT2D eigenvalue weighted by molar-refractivity contribution is -0.127. The summed E-state index contributed by atoms with van der Waals surface area (Å²) in [5.41, 5.74) is 0.517. The van der Waals surface area contributed by atoms with Crippen molar-refractivity contribution in [2.75, 3.05) is 32.1 Å². The molecule has 1 aliphatic rings. The van der Waals surface area contributed by atoms with Crippen molar-refractivity contribution in [2.45, 2.75) is 13.0 Å². The van der Waals surface area contributed by atoms with Crippen LogP contribution in [0.5, 0.6) is 5.75 Å². The van der Waals surface area contributed by atoms with Gasteiger partial charge in [-0.3, -0.25) is 14.5 Å². The number of methoxy groups -OCH3 is 1. The monoisotopic (exact) mass is 311 g/mol. The van der Waals surface area contributed by atoms with E-state index in [9.17, 15) is 9.59 Å². The third kappa shape index (κ3) is 3.86. The molecule has 1 aromatic rings. The van der Waals surface area contributed by atoms with Gasteiger partial charge >= 0.3 is 0 Å². The van der Waals surface area contributed by atoms with Crippen LogP contribution in [0.2, 0.25) is 5.02 Å². The quantitative estimate of drug-likeness (QED) is 0.874. The van der Waals surface area contributed by atoms with Gasteiger partial charge in [-0.25, -0.2) is 0 Å². The molecule has 0 unspecified atom stereocenters. The van der Waals surface area contributed by atoms with E-state index in [1.807, 2.05) is 4.90 Å². The summed E-state index contributed by atoms with van der Waals surface area (Å²) in [7, 11) is 1.53. The van der Waals surface area contributed by atoms with E-state index in [0.29, 0.717) is 29.5 Å². The van der Waals surface area contributed by atoms with Crippen LogP contribution in [-0.2, 0) is 9.59 Å². The number of nitrogens with zero attached hydrogens (tertiary/aromatic N) is 1. The number of ether oxygens (including phenoxy) is 1. The minimum atomic E-state index is -0.417. The number of carbonyl (C=O) groups is 2. The lowest BCUT2D eigenvalue weighted by Gasteiger charge is -2.31. The molecular weight excluding hydrogens is 294 g/mol. The fraction of sp³-hybridized carbons (Fsp3) is 0.429. The summed E-state index contributed by atoms with van der Waals surface area (Å²) in [5.74, 6) is 0.267. The SMILES string of the molecule is COc1ccc(Cl)cc1NC(=O)[C@H](C)N1CCNC(=O)C1. The van der Waals surface area contributed by atoms with Crippen LogP contribution in [0.15, 0.2) is 18.2 Å². The van der Waals surface area contributed by atoms with E-state index in [1.54, 1.807) is 25.1 Å². The third-order valence-corrected chi connectivity index (χ3v) is 3.65. The zero-order valence-corrected chi connectivity index (χ0v) is 12.7. The molecule has 1 heterocycles. The molecule has 2 amide bonds. The van der Waals surface area contributed by atoms with E-state index in [2.05, 4.69) is 10.6 Å². The second-order valence-corrected chi connectivity index (χ2v) is 5.27. The highest BCUT2D eigenvalue weighted by Gasteiger charge is 2.26. The second-order valence-electron chi connectivity index (χ2n) is 4.83. The van der Waals surface area contributed by atoms with Crippen LogP contribution >= 0.6 is 11.6 Å². The molecule has 1 aliphatic heterocycles. The number of piperazine rings is 1. The molecule has 1 fully saturated rings. The Balaban J connectivity index is 2.06. The van der Waals surface area contributed by atoms with Gasteiger partial charge in [0.15, 0.2) is 0 Å². The summed E-state index contributed by atoms with van der Waals surface area (Å²) in [4.78, 5) is 25.5. The maximum absolute atomic E-state index is 12.3. The second kappa shape index (κ2) is 6.78. The number of hydrogen-bond acceptors (Lipinski definition) is 4. The normalized spacial score (nSPS) is 17.0. The Labute approximate surface area is 128 Å². The van der Waals surface area contributed by atoms with Gasteiger partial charge in [-0.1, -0.05) is 11.6 Å². The van der Waals surface area contributed by atoms with Crippen LogP contribution in [0, 0.1) is 0 Å². The Bertz CT molecular complexity index is 550. The maximum atomic E-state index is 12.3. The smallest absolute Gasteiger partial charge is 0.241 e. The molecule has 0 spiro atoms. The number of anilines is 1. The average Bonchev–Trinajstić information content (AvgIpc) is 2.46. The highest BCUT2D eigenvalue weighted by Crippen LogP contribution is 2.27. The Kier molecular flexibility index (Phi) is 5.03. The summed E-state index contributed by atoms with van der Waals surface area (Å²) >= 11 is 5.93. The topological polar surface area (TPSA) is 70.7 Å². The fourth-order valence-electron chi connectivity index (χ4n) is 2.17. The van der Waals surface area contributed by atoms with E-state index in [-0.39, 0.29) is 18.4 Å². The predicted octanol–water partition coefficient (Wildman–Crippen LogP) is 1.11. The van der Waals surface area contributed by atoms with Crippen molar-refractivity contribution in [3.8, 4) is 5.75 Å². The lowest BCUT2D eigenvalue weighted by atomic mass is 10.2. The van der Waals surface area contributed by atoms with Gasteiger partial charge in [0.25, 0.3) is 0 Å². The molecule has 21 heavy (non-hydrogen) atoms. The number of amides is 2. The summed E-state index contributed by atoms with van der Waals surface area (Å²) in [6.45, 7) is 3.19. The Morgan fingerprint density at radius 1 is 1.52 bits per heavy atom. The fourth-order valence-corrected chi connectivity index (χ4v) is 2.34. The Morgan fingerprint density at radius 3 is 2.95 bits per heavy atom. The van der Waals surface area contributed by atoms with Crippen molar-refractivity contribution < 1.29 is 14.3 Å². The van der Waals surface area contributed by atoms with Crippen LogP contribution in [0.25, 0.3) is 0 Å². The van der Waals surface area contributed by atoms with Gasteiger partial charge in [0.05, 0.1) is 25.4 Å². The van der Waals surface area contributed by atoms with E-state index in [0.717, 1.165) is 0 Å². The summed E-state index contributed by atoms with van der Waals surface area (Å²) in [6.07, 6.45) is 0. The third-order valence-electron chi connectivity index (χ3n) is 3.41. The minimum Gasteiger partial charge on any atom is -0.495 e. The largest absolute Gasteiger partial charge is 0.495 e. The zero-order valence-electron chi connectivity index (χ0n) is 12.0. The van der Waals surface area contributed by atoms with E-state index >= 15 is 0 Å². The number of halogens is 1. The molecule has 6 nitrogen and oxygen atoms in total. The lowest BCUT2D eigenvalue weighted by Crippen LogP contribution is -2.53. The van der Waals surface area contributed by atoms with Crippen LogP contribution in [-0.4, -0.2) is 49.5 Å². The Morgan fingerprint density at radius 2 is 2.29 bits per heavy atom. The molecule has 1 aromatic carbocycles. The average molecular weight is 312 g/mol. The number of benzene rings is 1. The first-order chi connectivity index (χ1) is 10.0. The van der Waals surface area contributed by atoms with Crippen molar-refractivity contribution in [1.82, 2.24) is 10.2 Å². The summed E-state index contributed by atoms with van der Waals surface area (Å²) in [6, 6.07) is 4.60. The first kappa shape index (κ1) is 15.6. The summed E-state index contributed by atoms with van der Waals surface area (Å²) < 4.78 is 5.19. The van der Waals surface area contributed by atoms with Crippen molar-refractivity contribution in [1.29, 1.82) is 0 Å². The van der Waals surface area contributed by atoms with Gasteiger partial charge in [0.2, 0.25) is 11.8 Å². The number of nitrogens with one attached hydrogen (secondary N) is 2. The predicted molar refractivity (Wildman–Crippen MR) is 80.7 cm³/mol. The van der Waals surface area contributed by atoms with Gasteiger partial charge in [-0.15, -0.1) is 0 Å². The molecule has 0 saturated carbocycles. The van der Waals surface area contributed by atoms with Crippen LogP contribution in [0.4, 0.5) is 5.69 Å². The first-order valence-electron chi connectivity index (χ1n) is 6.66. The molecule has 1 saturated heterocycles. The van der Waals surface area contributed by atoms with Gasteiger partial charge in [0, 0.05) is 18.1 Å². The molecule has 0 radical (unpaired) electrons. The molecule has 0 bridgehead atoms. The van der Waals surface area contributed by atoms with E-state index in [1.165, 1.54) is 7.11 Å². The van der Waals surface area contributed by atoms with E-state index in [4.69, 9.17) is 16.3 Å². The molecule has 2 rings (SSSR count). The van der Waals surface area contributed by atoms with Crippen molar-refractivity contribution in [3.63, 3.8) is 0 Å². The van der Waals surface area contributed by atoms with Crippen molar-refractivity contribution in [3.05, 3.63) is 23.2 Å². The molecule has 2 N–H and O–H groups in total. The molecule has 0 aromatic heterocycles. The molecule has 7 heteroatoms. The van der Waals surface area contributed by atoms with Crippen molar-refractivity contribution >= 4 is 29.1 Å². The number of rotatable bonds is 4. The Hall–Kier alpha value is -1.79. The van der Waals surface area contributed by atoms with Crippen LogP contribution < -0.4 is 15.4 Å². The number of hydrogen-bond donors (Lipinski definition) is 2. The van der Waals surface area contributed by atoms with Gasteiger partial charge in [-0.05, 0) is 25.1 Å². The highest BCUT2D eigenvalue weighted by atomic mass is 35.5. The first-order valence-corrected chi connectivity index (χ1v) is 7.04. The molecule has 114 valence electrons. The molecule has 0 aliphatic carbocycles. The van der Waals surface area contributed by atoms with Gasteiger partial charge in [-0.2, -0.15) is 0 Å². The maximum Gasteiger partial charge on any atom is 0.241 e. The highest BCUT2D eigenvalue weighted by molar-refractivity contribution is 6.31. The molecular formula is C14H18ClN3O3. The number of carbonyl (C=O) groups excluding carboxylic acids is 2.